The highest BCUT2D eigenvalue weighted by Crippen LogP contribution is 2.43. The number of thiophene rings is 1. The first-order chi connectivity index (χ1) is 12.5. The summed E-state index contributed by atoms with van der Waals surface area (Å²) in [5.74, 6) is -0.357. The molecule has 4 N–H and O–H groups in total. The predicted molar refractivity (Wildman–Crippen MR) is 107 cm³/mol. The molecule has 0 aliphatic heterocycles. The Kier molecular flexibility index (Phi) is 4.30. The Morgan fingerprint density at radius 2 is 2.08 bits per heavy atom. The molecule has 2 aromatic heterocycles. The fourth-order valence-electron chi connectivity index (χ4n) is 3.23. The van der Waals surface area contributed by atoms with Gasteiger partial charge in [0, 0.05) is 20.8 Å². The monoisotopic (exact) mass is 432 g/mol. The molecule has 0 spiro atoms. The summed E-state index contributed by atoms with van der Waals surface area (Å²) in [4.78, 5) is 15.2. The summed E-state index contributed by atoms with van der Waals surface area (Å²) in [5, 5.41) is 13.8. The van der Waals surface area contributed by atoms with Crippen LogP contribution in [0.5, 0.6) is 5.75 Å². The molecule has 0 aliphatic carbocycles. The molecule has 2 heterocycles. The van der Waals surface area contributed by atoms with Gasteiger partial charge in [0.05, 0.1) is 5.52 Å². The second kappa shape index (κ2) is 6.50. The first-order valence-corrected chi connectivity index (χ1v) is 9.62. The molecule has 0 amide bonds. The zero-order chi connectivity index (χ0) is 18.4. The number of phenolic OH excluding ortho intramolecular Hbond substituents is 1. The Balaban J connectivity index is 2.11. The Hall–Kier alpha value is -2.22. The van der Waals surface area contributed by atoms with Gasteiger partial charge in [0.1, 0.15) is 16.3 Å². The van der Waals surface area contributed by atoms with Crippen LogP contribution in [0.25, 0.3) is 32.1 Å². The third kappa shape index (κ3) is 2.63. The van der Waals surface area contributed by atoms with Gasteiger partial charge in [-0.15, -0.1) is 11.3 Å². The van der Waals surface area contributed by atoms with Crippen LogP contribution in [-0.4, -0.2) is 16.6 Å². The highest BCUT2D eigenvalue weighted by atomic mass is 79.9. The molecule has 0 atom stereocenters. The minimum atomic E-state index is -0.366. The molecule has 7 heteroatoms. The van der Waals surface area contributed by atoms with Crippen molar-refractivity contribution in [2.75, 3.05) is 6.54 Å². The quantitative estimate of drug-likeness (QED) is 0.445. The van der Waals surface area contributed by atoms with Crippen LogP contribution < -0.4 is 11.3 Å². The van der Waals surface area contributed by atoms with E-state index < -0.39 is 0 Å². The van der Waals surface area contributed by atoms with Crippen molar-refractivity contribution in [2.45, 2.75) is 6.42 Å². The summed E-state index contributed by atoms with van der Waals surface area (Å²) >= 11 is 4.72. The Bertz CT molecular complexity index is 1220. The number of phenols is 1. The van der Waals surface area contributed by atoms with Gasteiger partial charge >= 0.3 is 0 Å². The van der Waals surface area contributed by atoms with Gasteiger partial charge in [0.2, 0.25) is 0 Å². The highest BCUT2D eigenvalue weighted by molar-refractivity contribution is 9.10. The zero-order valence-corrected chi connectivity index (χ0v) is 15.9. The second-order valence-electron chi connectivity index (χ2n) is 5.96. The molecule has 0 saturated heterocycles. The maximum absolute atomic E-state index is 14.4. The van der Waals surface area contributed by atoms with Crippen LogP contribution >= 0.6 is 27.3 Å². The molecular weight excluding hydrogens is 419 g/mol. The van der Waals surface area contributed by atoms with E-state index in [1.165, 1.54) is 23.5 Å². The number of aromatic hydroxyl groups is 1. The van der Waals surface area contributed by atoms with Gasteiger partial charge in [-0.05, 0) is 63.6 Å². The van der Waals surface area contributed by atoms with Crippen molar-refractivity contribution in [3.63, 3.8) is 0 Å². The molecule has 26 heavy (non-hydrogen) atoms. The standard InChI is InChI=1S/C19H14BrFN2O2S/c20-12-8-14(24)15(10-2-1-9(3-5-22)13(21)7-10)16-11-4-6-26-18(11)19(25)23-17(12)16/h1-2,4,6-8,24H,3,5,22H2,(H,23,25). The predicted octanol–water partition coefficient (Wildman–Crippen LogP) is 4.52. The lowest BCUT2D eigenvalue weighted by atomic mass is 9.96. The average molecular weight is 433 g/mol. The molecule has 0 fully saturated rings. The van der Waals surface area contributed by atoms with Crippen molar-refractivity contribution in [1.29, 1.82) is 0 Å². The van der Waals surface area contributed by atoms with Gasteiger partial charge < -0.3 is 15.8 Å². The number of aromatic nitrogens is 1. The largest absolute Gasteiger partial charge is 0.507 e. The third-order valence-corrected chi connectivity index (χ3v) is 5.93. The maximum Gasteiger partial charge on any atom is 0.266 e. The minimum absolute atomic E-state index is 0.00917. The number of nitrogens with two attached hydrogens (primary N) is 1. The number of H-pyrrole nitrogens is 1. The normalized spacial score (nSPS) is 11.5. The van der Waals surface area contributed by atoms with Crippen molar-refractivity contribution in [3.05, 3.63) is 61.9 Å². The fraction of sp³-hybridized carbons (Fsp3) is 0.105. The van der Waals surface area contributed by atoms with Crippen LogP contribution in [0.15, 0.2) is 45.0 Å². The van der Waals surface area contributed by atoms with E-state index in [4.69, 9.17) is 5.73 Å². The fourth-order valence-corrected chi connectivity index (χ4v) is 4.54. The van der Waals surface area contributed by atoms with Gasteiger partial charge in [0.15, 0.2) is 0 Å². The van der Waals surface area contributed by atoms with E-state index in [9.17, 15) is 14.3 Å². The molecule has 4 nitrogen and oxygen atoms in total. The van der Waals surface area contributed by atoms with Gasteiger partial charge in [-0.25, -0.2) is 4.39 Å². The molecule has 0 bridgehead atoms. The van der Waals surface area contributed by atoms with Crippen LogP contribution in [0.4, 0.5) is 4.39 Å². The van der Waals surface area contributed by atoms with Crippen molar-refractivity contribution >= 4 is 48.3 Å². The summed E-state index contributed by atoms with van der Waals surface area (Å²) in [7, 11) is 0. The van der Waals surface area contributed by atoms with Crippen molar-refractivity contribution in [1.82, 2.24) is 4.98 Å². The highest BCUT2D eigenvalue weighted by Gasteiger charge is 2.18. The first kappa shape index (κ1) is 17.2. The maximum atomic E-state index is 14.4. The average Bonchev–Trinajstić information content (AvgIpc) is 3.09. The van der Waals surface area contributed by atoms with Crippen molar-refractivity contribution in [2.24, 2.45) is 5.73 Å². The molecular formula is C19H14BrFN2O2S. The molecule has 0 aliphatic rings. The van der Waals surface area contributed by atoms with Crippen LogP contribution in [0, 0.1) is 5.82 Å². The molecule has 0 radical (unpaired) electrons. The van der Waals surface area contributed by atoms with Crippen LogP contribution in [0.3, 0.4) is 0 Å². The number of fused-ring (bicyclic) bond motifs is 3. The van der Waals surface area contributed by atoms with E-state index >= 15 is 0 Å². The molecule has 0 saturated carbocycles. The molecule has 2 aromatic carbocycles. The number of rotatable bonds is 3. The van der Waals surface area contributed by atoms with Gasteiger partial charge in [-0.1, -0.05) is 12.1 Å². The third-order valence-electron chi connectivity index (χ3n) is 4.39. The van der Waals surface area contributed by atoms with Gasteiger partial charge in [-0.3, -0.25) is 4.79 Å². The number of halogens is 2. The summed E-state index contributed by atoms with van der Waals surface area (Å²) in [6, 6.07) is 8.20. The summed E-state index contributed by atoms with van der Waals surface area (Å²) in [6.45, 7) is 0.361. The topological polar surface area (TPSA) is 79.1 Å². The molecule has 4 rings (SSSR count). The lowest BCUT2D eigenvalue weighted by Crippen LogP contribution is -2.06. The lowest BCUT2D eigenvalue weighted by Gasteiger charge is -2.13. The van der Waals surface area contributed by atoms with E-state index in [1.54, 1.807) is 12.1 Å². The smallest absolute Gasteiger partial charge is 0.266 e. The van der Waals surface area contributed by atoms with Crippen molar-refractivity contribution in [3.8, 4) is 16.9 Å². The van der Waals surface area contributed by atoms with E-state index in [2.05, 4.69) is 20.9 Å². The van der Waals surface area contributed by atoms with Crippen LogP contribution in [-0.2, 0) is 6.42 Å². The molecule has 0 unspecified atom stereocenters. The van der Waals surface area contributed by atoms with Crippen LogP contribution in [0.1, 0.15) is 5.56 Å². The lowest BCUT2D eigenvalue weighted by molar-refractivity contribution is 0.477. The first-order valence-electron chi connectivity index (χ1n) is 7.94. The minimum Gasteiger partial charge on any atom is -0.507 e. The number of hydrogen-bond acceptors (Lipinski definition) is 4. The summed E-state index contributed by atoms with van der Waals surface area (Å²) < 4.78 is 15.6. The number of pyridine rings is 1. The zero-order valence-electron chi connectivity index (χ0n) is 13.5. The number of hydrogen-bond donors (Lipinski definition) is 3. The number of nitrogens with one attached hydrogen (secondary N) is 1. The summed E-state index contributed by atoms with van der Waals surface area (Å²) in [6.07, 6.45) is 0.446. The van der Waals surface area contributed by atoms with Crippen molar-refractivity contribution < 1.29 is 9.50 Å². The summed E-state index contributed by atoms with van der Waals surface area (Å²) in [5.41, 5.74) is 7.45. The Morgan fingerprint density at radius 3 is 2.81 bits per heavy atom. The molecule has 132 valence electrons. The number of benzene rings is 2. The Morgan fingerprint density at radius 1 is 1.27 bits per heavy atom. The van der Waals surface area contributed by atoms with Gasteiger partial charge in [0.25, 0.3) is 5.56 Å². The van der Waals surface area contributed by atoms with E-state index in [-0.39, 0.29) is 17.1 Å². The SMILES string of the molecule is NCCc1ccc(-c2c(O)cc(Br)c3[nH]c(=O)c4sccc4c23)cc1F. The Labute approximate surface area is 160 Å². The number of aromatic amines is 1. The second-order valence-corrected chi connectivity index (χ2v) is 7.74. The molecule has 4 aromatic rings. The van der Waals surface area contributed by atoms with E-state index in [1.807, 2.05) is 11.4 Å². The van der Waals surface area contributed by atoms with E-state index in [0.29, 0.717) is 49.7 Å². The van der Waals surface area contributed by atoms with E-state index in [0.717, 1.165) is 5.39 Å². The van der Waals surface area contributed by atoms with Gasteiger partial charge in [-0.2, -0.15) is 0 Å². The van der Waals surface area contributed by atoms with Crippen LogP contribution in [0.2, 0.25) is 0 Å².